The van der Waals surface area contributed by atoms with Crippen LogP contribution in [0.2, 0.25) is 0 Å². The minimum atomic E-state index is -0.886. The molecular weight excluding hydrogens is 250 g/mol. The normalized spacial score (nSPS) is 18.1. The molecule has 0 aliphatic heterocycles. The zero-order valence-electron chi connectivity index (χ0n) is 11.5. The van der Waals surface area contributed by atoms with Gasteiger partial charge in [0.25, 0.3) is 0 Å². The predicted octanol–water partition coefficient (Wildman–Crippen LogP) is 3.36. The van der Waals surface area contributed by atoms with Crippen molar-refractivity contribution in [3.05, 3.63) is 42.1 Å². The van der Waals surface area contributed by atoms with Crippen LogP contribution in [0.4, 0.5) is 0 Å². The van der Waals surface area contributed by atoms with Gasteiger partial charge in [0.05, 0.1) is 5.52 Å². The Morgan fingerprint density at radius 1 is 1.15 bits per heavy atom. The van der Waals surface area contributed by atoms with E-state index in [9.17, 15) is 9.90 Å². The molecule has 0 bridgehead atoms. The number of pyridine rings is 1. The monoisotopic (exact) mass is 269 g/mol. The number of rotatable bonds is 3. The van der Waals surface area contributed by atoms with Crippen LogP contribution in [0, 0.1) is 5.92 Å². The van der Waals surface area contributed by atoms with Gasteiger partial charge in [-0.05, 0) is 30.9 Å². The third-order valence-corrected chi connectivity index (χ3v) is 4.26. The van der Waals surface area contributed by atoms with Gasteiger partial charge in [0.2, 0.25) is 0 Å². The first-order chi connectivity index (χ1) is 9.77. The molecule has 104 valence electrons. The summed E-state index contributed by atoms with van der Waals surface area (Å²) in [5.41, 5.74) is 1.23. The summed E-state index contributed by atoms with van der Waals surface area (Å²) in [5, 5.41) is 11.3. The topological polar surface area (TPSA) is 50.2 Å². The van der Waals surface area contributed by atoms with Crippen LogP contribution in [0.3, 0.4) is 0 Å². The molecule has 1 aliphatic carbocycles. The fourth-order valence-corrected chi connectivity index (χ4v) is 3.13. The maximum absolute atomic E-state index is 12.6. The van der Waals surface area contributed by atoms with Gasteiger partial charge < -0.3 is 5.11 Å². The number of hydrogen-bond donors (Lipinski definition) is 1. The third-order valence-electron chi connectivity index (χ3n) is 4.26. The highest BCUT2D eigenvalue weighted by atomic mass is 16.3. The summed E-state index contributed by atoms with van der Waals surface area (Å²) in [6.45, 7) is 0. The first-order valence-corrected chi connectivity index (χ1v) is 7.33. The molecule has 1 N–H and O–H groups in total. The van der Waals surface area contributed by atoms with E-state index in [4.69, 9.17) is 0 Å². The van der Waals surface area contributed by atoms with Crippen molar-refractivity contribution in [3.8, 4) is 0 Å². The number of carbonyl (C=O) groups is 1. The zero-order chi connectivity index (χ0) is 13.9. The molecule has 2 aromatic rings. The number of aromatic nitrogens is 1. The molecule has 0 saturated heterocycles. The van der Waals surface area contributed by atoms with E-state index in [1.165, 1.54) is 6.42 Å². The summed E-state index contributed by atoms with van der Waals surface area (Å²) in [6.07, 6.45) is 6.14. The van der Waals surface area contributed by atoms with Gasteiger partial charge in [-0.1, -0.05) is 37.5 Å². The average molecular weight is 269 g/mol. The lowest BCUT2D eigenvalue weighted by atomic mass is 9.82. The van der Waals surface area contributed by atoms with Gasteiger partial charge in [-0.25, -0.2) is 0 Å². The fraction of sp³-hybridized carbons (Fsp3) is 0.412. The van der Waals surface area contributed by atoms with Crippen LogP contribution in [0.15, 0.2) is 36.5 Å². The van der Waals surface area contributed by atoms with Gasteiger partial charge >= 0.3 is 0 Å². The molecule has 1 aliphatic rings. The van der Waals surface area contributed by atoms with E-state index in [-0.39, 0.29) is 11.7 Å². The number of fused-ring (bicyclic) bond motifs is 1. The van der Waals surface area contributed by atoms with Gasteiger partial charge in [-0.2, -0.15) is 0 Å². The highest BCUT2D eigenvalue weighted by Gasteiger charge is 2.29. The van der Waals surface area contributed by atoms with Crippen molar-refractivity contribution in [2.24, 2.45) is 5.92 Å². The van der Waals surface area contributed by atoms with Crippen molar-refractivity contribution in [2.45, 2.75) is 38.2 Å². The molecule has 1 atom stereocenters. The van der Waals surface area contributed by atoms with Gasteiger partial charge in [0, 0.05) is 17.1 Å². The third kappa shape index (κ3) is 2.46. The summed E-state index contributed by atoms with van der Waals surface area (Å²) in [5.74, 6) is -0.0728. The Morgan fingerprint density at radius 3 is 2.70 bits per heavy atom. The lowest BCUT2D eigenvalue weighted by Crippen LogP contribution is -2.31. The molecule has 3 rings (SSSR count). The van der Waals surface area contributed by atoms with E-state index >= 15 is 0 Å². The standard InChI is InChI=1S/C17H19NO2/c19-16(13-6-2-1-3-7-13)17(20)14-10-4-8-12-9-5-11-18-15(12)14/h4-5,8-11,13,16,19H,1-3,6-7H2. The molecule has 20 heavy (non-hydrogen) atoms. The molecule has 3 nitrogen and oxygen atoms in total. The second-order valence-electron chi connectivity index (χ2n) is 5.59. The number of aliphatic hydroxyl groups excluding tert-OH is 1. The molecular formula is C17H19NO2. The number of aliphatic hydroxyl groups is 1. The summed E-state index contributed by atoms with van der Waals surface area (Å²) in [6, 6.07) is 9.35. The van der Waals surface area contributed by atoms with Gasteiger partial charge in [0.1, 0.15) is 6.10 Å². The van der Waals surface area contributed by atoms with Crippen LogP contribution in [0.25, 0.3) is 10.9 Å². The van der Waals surface area contributed by atoms with Crippen molar-refractivity contribution in [2.75, 3.05) is 0 Å². The summed E-state index contributed by atoms with van der Waals surface area (Å²) in [4.78, 5) is 16.9. The van der Waals surface area contributed by atoms with Crippen molar-refractivity contribution in [1.82, 2.24) is 4.98 Å². The Hall–Kier alpha value is -1.74. The Bertz CT molecular complexity index is 612. The second-order valence-corrected chi connectivity index (χ2v) is 5.59. The molecule has 3 heteroatoms. The molecule has 1 saturated carbocycles. The van der Waals surface area contributed by atoms with E-state index in [2.05, 4.69) is 4.98 Å². The van der Waals surface area contributed by atoms with Crippen LogP contribution in [-0.2, 0) is 0 Å². The molecule has 0 radical (unpaired) electrons. The van der Waals surface area contributed by atoms with Crippen LogP contribution < -0.4 is 0 Å². The average Bonchev–Trinajstić information content (AvgIpc) is 2.54. The Balaban J connectivity index is 1.92. The second kappa shape index (κ2) is 5.71. The van der Waals surface area contributed by atoms with Crippen molar-refractivity contribution in [1.29, 1.82) is 0 Å². The van der Waals surface area contributed by atoms with E-state index in [1.54, 1.807) is 12.3 Å². The van der Waals surface area contributed by atoms with Crippen molar-refractivity contribution < 1.29 is 9.90 Å². The van der Waals surface area contributed by atoms with Gasteiger partial charge in [0.15, 0.2) is 5.78 Å². The first kappa shape index (κ1) is 13.3. The summed E-state index contributed by atoms with van der Waals surface area (Å²) >= 11 is 0. The van der Waals surface area contributed by atoms with Crippen LogP contribution in [0.1, 0.15) is 42.5 Å². The minimum absolute atomic E-state index is 0.107. The highest BCUT2D eigenvalue weighted by Crippen LogP contribution is 2.29. The predicted molar refractivity (Wildman–Crippen MR) is 78.7 cm³/mol. The molecule has 0 amide bonds. The van der Waals surface area contributed by atoms with Crippen molar-refractivity contribution >= 4 is 16.7 Å². The Kier molecular flexibility index (Phi) is 3.79. The number of ketones is 1. The smallest absolute Gasteiger partial charge is 0.193 e. The molecule has 1 aromatic heterocycles. The number of benzene rings is 1. The summed E-state index contributed by atoms with van der Waals surface area (Å²) in [7, 11) is 0. The zero-order valence-corrected chi connectivity index (χ0v) is 11.5. The number of nitrogens with zero attached hydrogens (tertiary/aromatic N) is 1. The van der Waals surface area contributed by atoms with Gasteiger partial charge in [-0.15, -0.1) is 0 Å². The van der Waals surface area contributed by atoms with Crippen LogP contribution in [0.5, 0.6) is 0 Å². The Labute approximate surface area is 118 Å². The molecule has 1 unspecified atom stereocenters. The van der Waals surface area contributed by atoms with Crippen molar-refractivity contribution in [3.63, 3.8) is 0 Å². The first-order valence-electron chi connectivity index (χ1n) is 7.33. The van der Waals surface area contributed by atoms with Gasteiger partial charge in [-0.3, -0.25) is 9.78 Å². The summed E-state index contributed by atoms with van der Waals surface area (Å²) < 4.78 is 0. The van der Waals surface area contributed by atoms with E-state index in [1.807, 2.05) is 24.3 Å². The number of para-hydroxylation sites is 1. The SMILES string of the molecule is O=C(c1cccc2cccnc12)C(O)C1CCCCC1. The van der Waals surface area contributed by atoms with E-state index in [0.29, 0.717) is 11.1 Å². The number of Topliss-reactive ketones (excluding diaryl/α,β-unsaturated/α-hetero) is 1. The Morgan fingerprint density at radius 2 is 1.90 bits per heavy atom. The molecule has 1 fully saturated rings. The highest BCUT2D eigenvalue weighted by molar-refractivity contribution is 6.08. The largest absolute Gasteiger partial charge is 0.385 e. The fourth-order valence-electron chi connectivity index (χ4n) is 3.13. The lowest BCUT2D eigenvalue weighted by Gasteiger charge is -2.25. The van der Waals surface area contributed by atoms with Crippen LogP contribution in [-0.4, -0.2) is 22.0 Å². The van der Waals surface area contributed by atoms with E-state index in [0.717, 1.165) is 31.1 Å². The molecule has 1 aromatic carbocycles. The van der Waals surface area contributed by atoms with Crippen LogP contribution >= 0.6 is 0 Å². The maximum atomic E-state index is 12.6. The minimum Gasteiger partial charge on any atom is -0.385 e. The maximum Gasteiger partial charge on any atom is 0.193 e. The number of hydrogen-bond acceptors (Lipinski definition) is 3. The molecule has 0 spiro atoms. The molecule has 1 heterocycles. The quantitative estimate of drug-likeness (QED) is 0.869. The lowest BCUT2D eigenvalue weighted by molar-refractivity contribution is 0.0536. The van der Waals surface area contributed by atoms with E-state index < -0.39 is 6.10 Å². The number of carbonyl (C=O) groups excluding carboxylic acids is 1.